The van der Waals surface area contributed by atoms with E-state index < -0.39 is 0 Å². The van der Waals surface area contributed by atoms with Gasteiger partial charge in [0.15, 0.2) is 0 Å². The summed E-state index contributed by atoms with van der Waals surface area (Å²) in [5, 5.41) is 5.57. The van der Waals surface area contributed by atoms with Crippen LogP contribution in [0.5, 0.6) is 0 Å². The zero-order valence-corrected chi connectivity index (χ0v) is 17.6. The van der Waals surface area contributed by atoms with Crippen LogP contribution in [0.25, 0.3) is 48.8 Å². The zero-order chi connectivity index (χ0) is 20.9. The van der Waals surface area contributed by atoms with Crippen LogP contribution in [0.4, 0.5) is 0 Å². The lowest BCUT2D eigenvalue weighted by Crippen LogP contribution is -2.19. The Kier molecular flexibility index (Phi) is 4.01. The molecular formula is C25H20N4OS. The number of nitrogens with one attached hydrogen (secondary N) is 2. The molecule has 0 amide bonds. The van der Waals surface area contributed by atoms with E-state index in [-0.39, 0.29) is 0 Å². The molecule has 6 rings (SSSR count). The number of fused-ring (bicyclic) bond motifs is 2. The Balaban J connectivity index is 1.34. The van der Waals surface area contributed by atoms with Crippen LogP contribution in [-0.2, 0) is 0 Å². The van der Waals surface area contributed by atoms with Gasteiger partial charge < -0.3 is 20.5 Å². The Labute approximate surface area is 182 Å². The molecule has 0 saturated heterocycles. The van der Waals surface area contributed by atoms with Crippen LogP contribution in [-0.4, -0.2) is 23.9 Å². The lowest BCUT2D eigenvalue weighted by molar-refractivity contribution is 0.633. The summed E-state index contributed by atoms with van der Waals surface area (Å²) in [6.45, 7) is 5.55. The molecule has 0 fully saturated rings. The van der Waals surface area contributed by atoms with Crippen LogP contribution in [0.15, 0.2) is 76.7 Å². The number of aliphatic imine (C=N–C) groups is 1. The average Bonchev–Trinajstić information content (AvgIpc) is 3.57. The summed E-state index contributed by atoms with van der Waals surface area (Å²) in [4.78, 5) is 10.3. The first-order chi connectivity index (χ1) is 15.1. The van der Waals surface area contributed by atoms with E-state index in [4.69, 9.17) is 10.2 Å². The molecule has 4 N–H and O–H groups in total. The number of H-pyrrole nitrogens is 1. The van der Waals surface area contributed by atoms with E-state index in [1.54, 1.807) is 11.3 Å². The summed E-state index contributed by atoms with van der Waals surface area (Å²) in [5.41, 5.74) is 11.4. The highest BCUT2D eigenvalue weighted by Gasteiger charge is 2.14. The van der Waals surface area contributed by atoms with Crippen molar-refractivity contribution in [1.82, 2.24) is 10.3 Å². The Morgan fingerprint density at radius 1 is 1.00 bits per heavy atom. The van der Waals surface area contributed by atoms with Crippen molar-refractivity contribution in [2.24, 2.45) is 10.7 Å². The number of benzene rings is 2. The Hall–Kier alpha value is -3.77. The molecule has 0 aliphatic carbocycles. The Morgan fingerprint density at radius 2 is 1.87 bits per heavy atom. The van der Waals surface area contributed by atoms with E-state index in [0.717, 1.165) is 62.9 Å². The second-order valence-electron chi connectivity index (χ2n) is 7.69. The number of nitrogens with zero attached hydrogens (tertiary/aromatic N) is 1. The van der Waals surface area contributed by atoms with E-state index in [9.17, 15) is 0 Å². The highest BCUT2D eigenvalue weighted by Crippen LogP contribution is 2.38. The molecule has 6 heteroatoms. The topological polar surface area (TPSA) is 79.3 Å². The second kappa shape index (κ2) is 6.89. The van der Waals surface area contributed by atoms with Gasteiger partial charge in [0.25, 0.3) is 0 Å². The van der Waals surface area contributed by atoms with Crippen LogP contribution in [0, 0.1) is 0 Å². The van der Waals surface area contributed by atoms with Crippen molar-refractivity contribution < 1.29 is 4.42 Å². The highest BCUT2D eigenvalue weighted by atomic mass is 32.1. The van der Waals surface area contributed by atoms with Gasteiger partial charge in [0.1, 0.15) is 17.2 Å². The molecule has 0 spiro atoms. The number of aromatic amines is 1. The second-order valence-corrected chi connectivity index (χ2v) is 8.78. The van der Waals surface area contributed by atoms with E-state index in [1.165, 1.54) is 10.3 Å². The fraction of sp³-hybridized carbons (Fsp3) is 0.0800. The van der Waals surface area contributed by atoms with Crippen molar-refractivity contribution in [3.8, 4) is 21.2 Å². The quantitative estimate of drug-likeness (QED) is 0.352. The molecule has 5 aromatic rings. The number of rotatable bonds is 4. The van der Waals surface area contributed by atoms with Gasteiger partial charge in [-0.3, -0.25) is 4.99 Å². The van der Waals surface area contributed by atoms with E-state index in [0.29, 0.717) is 5.70 Å². The van der Waals surface area contributed by atoms with Crippen molar-refractivity contribution in [1.29, 1.82) is 0 Å². The Morgan fingerprint density at radius 3 is 2.71 bits per heavy atom. The summed E-state index contributed by atoms with van der Waals surface area (Å²) in [7, 11) is 0. The van der Waals surface area contributed by atoms with Gasteiger partial charge in [-0.25, -0.2) is 0 Å². The molecular weight excluding hydrogens is 404 g/mol. The third-order valence-corrected chi connectivity index (χ3v) is 6.71. The van der Waals surface area contributed by atoms with Crippen molar-refractivity contribution in [3.63, 3.8) is 0 Å². The number of aromatic nitrogens is 1. The molecule has 0 unspecified atom stereocenters. The number of hydrogen-bond acceptors (Lipinski definition) is 5. The molecule has 1 aliphatic rings. The van der Waals surface area contributed by atoms with Crippen molar-refractivity contribution >= 4 is 44.7 Å². The van der Waals surface area contributed by atoms with Crippen LogP contribution < -0.4 is 11.1 Å². The molecule has 0 bridgehead atoms. The molecule has 5 nitrogen and oxygen atoms in total. The molecule has 4 heterocycles. The van der Waals surface area contributed by atoms with Gasteiger partial charge in [-0.2, -0.15) is 0 Å². The van der Waals surface area contributed by atoms with Gasteiger partial charge in [0.2, 0.25) is 0 Å². The number of nitrogens with two attached hydrogens (primary N) is 1. The maximum atomic E-state index is 6.11. The van der Waals surface area contributed by atoms with Crippen molar-refractivity contribution in [2.45, 2.75) is 0 Å². The first-order valence-electron chi connectivity index (χ1n) is 10.1. The van der Waals surface area contributed by atoms with Gasteiger partial charge in [-0.15, -0.1) is 11.3 Å². The van der Waals surface area contributed by atoms with Gasteiger partial charge in [-0.05, 0) is 36.4 Å². The largest absolute Gasteiger partial charge is 0.455 e. The number of hydrogen-bond donors (Lipinski definition) is 3. The first kappa shape index (κ1) is 18.0. The van der Waals surface area contributed by atoms with Crippen LogP contribution in [0.2, 0.25) is 0 Å². The number of thiophene rings is 1. The predicted octanol–water partition coefficient (Wildman–Crippen LogP) is 5.59. The van der Waals surface area contributed by atoms with Gasteiger partial charge >= 0.3 is 0 Å². The molecule has 31 heavy (non-hydrogen) atoms. The SMILES string of the molecule is C=C(N)c1ccc2cc(-c3ccc(-c4cc5ccc(C6=NCCN6)cc5[nH]4)s3)oc2c1. The summed E-state index contributed by atoms with van der Waals surface area (Å²) in [6, 6.07) is 20.8. The smallest absolute Gasteiger partial charge is 0.145 e. The monoisotopic (exact) mass is 424 g/mol. The minimum Gasteiger partial charge on any atom is -0.455 e. The average molecular weight is 425 g/mol. The Bertz CT molecular complexity index is 1500. The zero-order valence-electron chi connectivity index (χ0n) is 16.7. The highest BCUT2D eigenvalue weighted by molar-refractivity contribution is 7.18. The van der Waals surface area contributed by atoms with Gasteiger partial charge in [0, 0.05) is 39.7 Å². The third-order valence-electron chi connectivity index (χ3n) is 5.58. The third kappa shape index (κ3) is 3.12. The lowest BCUT2D eigenvalue weighted by Gasteiger charge is -2.01. The van der Waals surface area contributed by atoms with E-state index in [2.05, 4.69) is 64.3 Å². The maximum absolute atomic E-state index is 6.11. The number of furan rings is 1. The lowest BCUT2D eigenvalue weighted by atomic mass is 10.1. The maximum Gasteiger partial charge on any atom is 0.145 e. The molecule has 0 radical (unpaired) electrons. The fourth-order valence-corrected chi connectivity index (χ4v) is 4.90. The first-order valence-corrected chi connectivity index (χ1v) is 11.0. The van der Waals surface area contributed by atoms with Crippen LogP contribution in [0.1, 0.15) is 11.1 Å². The molecule has 0 saturated carbocycles. The van der Waals surface area contributed by atoms with E-state index >= 15 is 0 Å². The van der Waals surface area contributed by atoms with Crippen LogP contribution in [0.3, 0.4) is 0 Å². The predicted molar refractivity (Wildman–Crippen MR) is 129 cm³/mol. The standard InChI is InChI=1S/C25H20N4OS/c1-14(26)15-2-4-17-13-22(30-21(17)12-15)24-7-6-23(31-24)20-10-16-3-5-18(11-19(16)29-20)25-27-8-9-28-25/h2-7,10-13,29H,1,8-9,26H2,(H,27,28). The molecule has 0 atom stereocenters. The van der Waals surface area contributed by atoms with Crippen molar-refractivity contribution in [2.75, 3.05) is 13.1 Å². The van der Waals surface area contributed by atoms with Crippen molar-refractivity contribution in [3.05, 3.63) is 78.4 Å². The minimum absolute atomic E-state index is 0.538. The molecule has 3 aromatic heterocycles. The van der Waals surface area contributed by atoms with Crippen LogP contribution >= 0.6 is 11.3 Å². The van der Waals surface area contributed by atoms with Gasteiger partial charge in [0.05, 0.1) is 22.0 Å². The summed E-state index contributed by atoms with van der Waals surface area (Å²) < 4.78 is 6.11. The van der Waals surface area contributed by atoms with Gasteiger partial charge in [-0.1, -0.05) is 30.8 Å². The number of amidine groups is 1. The molecule has 1 aliphatic heterocycles. The summed E-state index contributed by atoms with van der Waals surface area (Å²) in [5.74, 6) is 1.83. The minimum atomic E-state index is 0.538. The summed E-state index contributed by atoms with van der Waals surface area (Å²) in [6.07, 6.45) is 0. The molecule has 152 valence electrons. The summed E-state index contributed by atoms with van der Waals surface area (Å²) >= 11 is 1.71. The molecule has 2 aromatic carbocycles. The fourth-order valence-electron chi connectivity index (χ4n) is 3.97. The normalized spacial score (nSPS) is 13.6. The van der Waals surface area contributed by atoms with E-state index in [1.807, 2.05) is 18.2 Å².